The molecule has 80 valence electrons. The second-order valence-corrected chi connectivity index (χ2v) is 5.96. The van der Waals surface area contributed by atoms with Gasteiger partial charge in [-0.3, -0.25) is 0 Å². The third kappa shape index (κ3) is 8.64. The second-order valence-electron chi connectivity index (χ2n) is 2.89. The van der Waals surface area contributed by atoms with E-state index in [2.05, 4.69) is 16.1 Å². The highest BCUT2D eigenvalue weighted by Gasteiger charge is 2.08. The van der Waals surface area contributed by atoms with E-state index in [-0.39, 0.29) is 18.1 Å². The van der Waals surface area contributed by atoms with Crippen molar-refractivity contribution in [1.29, 1.82) is 0 Å². The van der Waals surface area contributed by atoms with Crippen molar-refractivity contribution >= 4 is 26.0 Å². The van der Waals surface area contributed by atoms with Gasteiger partial charge in [0.2, 0.25) is 0 Å². The first kappa shape index (κ1) is 13.3. The van der Waals surface area contributed by atoms with Crippen molar-refractivity contribution in [2.45, 2.75) is 26.2 Å². The van der Waals surface area contributed by atoms with Gasteiger partial charge in [-0.2, -0.15) is 0 Å². The molecule has 0 aliphatic rings. The molecular weight excluding hydrogens is 261 g/mol. The first-order valence-corrected chi connectivity index (χ1v) is 6.80. The van der Waals surface area contributed by atoms with Gasteiger partial charge in [0.1, 0.15) is 9.84 Å². The van der Waals surface area contributed by atoms with E-state index in [1.165, 1.54) is 0 Å². The Hall–Kier alpha value is 0.320. The Morgan fingerprint density at radius 2 is 1.92 bits per heavy atom. The van der Waals surface area contributed by atoms with Crippen LogP contribution in [0.5, 0.6) is 0 Å². The Morgan fingerprint density at radius 1 is 1.31 bits per heavy atom. The highest BCUT2D eigenvalue weighted by molar-refractivity contribution is 9.07. The molecule has 0 heterocycles. The van der Waals surface area contributed by atoms with Crippen LogP contribution >= 0.6 is 16.1 Å². The molecule has 6 heteroatoms. The lowest BCUT2D eigenvalue weighted by Gasteiger charge is -2.03. The second kappa shape index (κ2) is 6.73. The van der Waals surface area contributed by atoms with E-state index in [9.17, 15) is 12.9 Å². The van der Waals surface area contributed by atoms with Crippen LogP contribution in [0.3, 0.4) is 0 Å². The minimum Gasteiger partial charge on any atom is -0.229 e. The Bertz CT molecular complexity index is 219. The molecule has 0 saturated heterocycles. The van der Waals surface area contributed by atoms with E-state index in [4.69, 9.17) is 0 Å². The predicted molar refractivity (Wildman–Crippen MR) is 54.9 cm³/mol. The fourth-order valence-electron chi connectivity index (χ4n) is 0.966. The van der Waals surface area contributed by atoms with Gasteiger partial charge in [-0.05, 0) is 19.3 Å². The summed E-state index contributed by atoms with van der Waals surface area (Å²) in [4.78, 5) is 0. The molecule has 0 amide bonds. The first-order chi connectivity index (χ1) is 5.98. The number of nitrogens with zero attached hydrogens (tertiary/aromatic N) is 1. The number of hydrogen-bond donors (Lipinski definition) is 0. The van der Waals surface area contributed by atoms with Crippen molar-refractivity contribution in [3.05, 3.63) is 0 Å². The SMILES string of the molecule is CCCS(=O)(=O)CCCCN(F)Br. The van der Waals surface area contributed by atoms with Gasteiger partial charge >= 0.3 is 0 Å². The third-order valence-electron chi connectivity index (χ3n) is 1.55. The quantitative estimate of drug-likeness (QED) is 0.528. The molecule has 0 radical (unpaired) electrons. The fourth-order valence-corrected chi connectivity index (χ4v) is 2.69. The minimum atomic E-state index is -2.89. The van der Waals surface area contributed by atoms with E-state index in [0.29, 0.717) is 23.4 Å². The van der Waals surface area contributed by atoms with Gasteiger partial charge in [0.05, 0.1) is 5.75 Å². The molecule has 0 atom stereocenters. The van der Waals surface area contributed by atoms with Crippen LogP contribution in [0.4, 0.5) is 4.48 Å². The van der Waals surface area contributed by atoms with Crippen LogP contribution < -0.4 is 0 Å². The smallest absolute Gasteiger partial charge is 0.150 e. The zero-order valence-electron chi connectivity index (χ0n) is 7.67. The number of sulfone groups is 1. The maximum absolute atomic E-state index is 12.1. The van der Waals surface area contributed by atoms with Crippen LogP contribution in [0, 0.1) is 0 Å². The van der Waals surface area contributed by atoms with E-state index in [0.717, 1.165) is 0 Å². The van der Waals surface area contributed by atoms with Gasteiger partial charge < -0.3 is 0 Å². The summed E-state index contributed by atoms with van der Waals surface area (Å²) in [5, 5.41) is 0. The summed E-state index contributed by atoms with van der Waals surface area (Å²) in [6.07, 6.45) is 1.72. The molecule has 0 aliphatic carbocycles. The zero-order valence-corrected chi connectivity index (χ0v) is 10.1. The van der Waals surface area contributed by atoms with E-state index in [1.807, 2.05) is 6.92 Å². The Morgan fingerprint density at radius 3 is 2.38 bits per heavy atom. The topological polar surface area (TPSA) is 37.4 Å². The normalized spacial score (nSPS) is 12.3. The lowest BCUT2D eigenvalue weighted by atomic mass is 10.3. The fraction of sp³-hybridized carbons (Fsp3) is 1.00. The molecule has 3 nitrogen and oxygen atoms in total. The molecule has 13 heavy (non-hydrogen) atoms. The highest BCUT2D eigenvalue weighted by Crippen LogP contribution is 2.04. The van der Waals surface area contributed by atoms with Gasteiger partial charge in [0.15, 0.2) is 0 Å². The molecule has 0 aliphatic heterocycles. The van der Waals surface area contributed by atoms with Gasteiger partial charge in [0.25, 0.3) is 0 Å². The van der Waals surface area contributed by atoms with Crippen molar-refractivity contribution in [3.63, 3.8) is 0 Å². The van der Waals surface area contributed by atoms with Crippen LogP contribution in [0.15, 0.2) is 0 Å². The average Bonchev–Trinajstić information content (AvgIpc) is 1.98. The summed E-state index contributed by atoms with van der Waals surface area (Å²) in [6, 6.07) is 0. The molecule has 0 aromatic rings. The van der Waals surface area contributed by atoms with Crippen molar-refractivity contribution in [2.75, 3.05) is 18.1 Å². The maximum Gasteiger partial charge on any atom is 0.150 e. The molecule has 0 bridgehead atoms. The van der Waals surface area contributed by atoms with Crippen molar-refractivity contribution < 1.29 is 12.9 Å². The highest BCUT2D eigenvalue weighted by atomic mass is 79.9. The zero-order chi connectivity index (χ0) is 10.3. The monoisotopic (exact) mass is 275 g/mol. The maximum atomic E-state index is 12.1. The van der Waals surface area contributed by atoms with Crippen molar-refractivity contribution in [2.24, 2.45) is 0 Å². The summed E-state index contributed by atoms with van der Waals surface area (Å²) >= 11 is 2.60. The molecule has 0 unspecified atom stereocenters. The summed E-state index contributed by atoms with van der Waals surface area (Å²) < 4.78 is 34.8. The van der Waals surface area contributed by atoms with Crippen LogP contribution in [-0.4, -0.2) is 30.6 Å². The number of unbranched alkanes of at least 4 members (excludes halogenated alkanes) is 1. The molecule has 0 N–H and O–H groups in total. The van der Waals surface area contributed by atoms with E-state index >= 15 is 0 Å². The van der Waals surface area contributed by atoms with Crippen molar-refractivity contribution in [1.82, 2.24) is 4.15 Å². The van der Waals surface area contributed by atoms with E-state index in [1.54, 1.807) is 0 Å². The summed E-state index contributed by atoms with van der Waals surface area (Å²) in [5.41, 5.74) is 0. The van der Waals surface area contributed by atoms with Crippen LogP contribution in [0.2, 0.25) is 0 Å². The standard InChI is InChI=1S/C7H15BrFNO2S/c1-2-6-13(11,12)7-4-3-5-10(8)9/h2-7H2,1H3. The van der Waals surface area contributed by atoms with Gasteiger partial charge in [-0.25, -0.2) is 8.42 Å². The number of rotatable bonds is 7. The largest absolute Gasteiger partial charge is 0.229 e. The summed E-state index contributed by atoms with van der Waals surface area (Å²) in [5.74, 6) is 0.405. The minimum absolute atomic E-state index is 0.168. The molecular formula is C7H15BrFNO2S. The third-order valence-corrected chi connectivity index (χ3v) is 3.84. The molecule has 0 saturated carbocycles. The molecule has 0 fully saturated rings. The Labute approximate surface area is 87.5 Å². The van der Waals surface area contributed by atoms with Gasteiger partial charge in [-0.1, -0.05) is 11.1 Å². The Balaban J connectivity index is 3.53. The molecule has 0 spiro atoms. The van der Waals surface area contributed by atoms with Gasteiger partial charge in [0, 0.05) is 28.4 Å². The molecule has 0 rings (SSSR count). The predicted octanol–water partition coefficient (Wildman–Crippen LogP) is 2.09. The lowest BCUT2D eigenvalue weighted by Crippen LogP contribution is -2.11. The molecule has 0 aromatic heterocycles. The summed E-state index contributed by atoms with van der Waals surface area (Å²) in [7, 11) is -2.89. The average molecular weight is 276 g/mol. The number of halogens is 2. The first-order valence-electron chi connectivity index (χ1n) is 4.27. The van der Waals surface area contributed by atoms with Crippen LogP contribution in [0.1, 0.15) is 26.2 Å². The number of hydrogen-bond acceptors (Lipinski definition) is 3. The Kier molecular flexibility index (Phi) is 6.89. The van der Waals surface area contributed by atoms with Crippen LogP contribution in [0.25, 0.3) is 0 Å². The van der Waals surface area contributed by atoms with Crippen molar-refractivity contribution in [3.8, 4) is 0 Å². The lowest BCUT2D eigenvalue weighted by molar-refractivity contribution is 0.169. The van der Waals surface area contributed by atoms with Gasteiger partial charge in [-0.15, -0.1) is 4.48 Å². The van der Waals surface area contributed by atoms with E-state index < -0.39 is 9.84 Å². The van der Waals surface area contributed by atoms with Crippen LogP contribution in [-0.2, 0) is 9.84 Å². The summed E-state index contributed by atoms with van der Waals surface area (Å²) in [6.45, 7) is 2.06. The molecule has 0 aromatic carbocycles.